The van der Waals surface area contributed by atoms with Gasteiger partial charge in [-0.25, -0.2) is 0 Å². The summed E-state index contributed by atoms with van der Waals surface area (Å²) in [5, 5.41) is 3.23. The zero-order valence-corrected chi connectivity index (χ0v) is 18.6. The van der Waals surface area contributed by atoms with Crippen LogP contribution < -0.4 is 5.32 Å². The molecule has 6 nitrogen and oxygen atoms in total. The third-order valence-corrected chi connectivity index (χ3v) is 5.61. The van der Waals surface area contributed by atoms with E-state index in [4.69, 9.17) is 0 Å². The van der Waals surface area contributed by atoms with Crippen molar-refractivity contribution in [3.8, 4) is 0 Å². The van der Waals surface area contributed by atoms with Gasteiger partial charge in [0.05, 0.1) is 12.2 Å². The van der Waals surface area contributed by atoms with Gasteiger partial charge >= 0.3 is 0 Å². The van der Waals surface area contributed by atoms with Gasteiger partial charge in [0.15, 0.2) is 0 Å². The molecule has 1 aliphatic rings. The normalized spacial score (nSPS) is 15.3. The third kappa shape index (κ3) is 9.50. The van der Waals surface area contributed by atoms with Crippen LogP contribution in [0.3, 0.4) is 0 Å². The summed E-state index contributed by atoms with van der Waals surface area (Å²) in [5.74, 6) is 1.01. The van der Waals surface area contributed by atoms with Crippen molar-refractivity contribution in [3.63, 3.8) is 0 Å². The van der Waals surface area contributed by atoms with Crippen molar-refractivity contribution < 1.29 is 4.79 Å². The Balaban J connectivity index is 1.71. The van der Waals surface area contributed by atoms with Crippen molar-refractivity contribution in [1.82, 2.24) is 20.1 Å². The average Bonchev–Trinajstić information content (AvgIpc) is 2.72. The zero-order chi connectivity index (χ0) is 20.9. The molecule has 0 radical (unpaired) electrons. The highest BCUT2D eigenvalue weighted by Crippen LogP contribution is 2.26. The van der Waals surface area contributed by atoms with Crippen LogP contribution in [-0.4, -0.2) is 73.7 Å². The number of nitrogens with zero attached hydrogens (tertiary/aromatic N) is 4. The number of amides is 1. The third-order valence-electron chi connectivity index (χ3n) is 5.61. The molecule has 0 spiro atoms. The van der Waals surface area contributed by atoms with Crippen molar-refractivity contribution in [2.75, 3.05) is 46.8 Å². The van der Waals surface area contributed by atoms with Crippen LogP contribution in [0.25, 0.3) is 0 Å². The number of aromatic nitrogens is 1. The Morgan fingerprint density at radius 1 is 1.28 bits per heavy atom. The summed E-state index contributed by atoms with van der Waals surface area (Å²) in [6.07, 6.45) is 11.9. The molecule has 0 unspecified atom stereocenters. The van der Waals surface area contributed by atoms with Gasteiger partial charge < -0.3 is 15.1 Å². The Morgan fingerprint density at radius 3 is 2.79 bits per heavy atom. The van der Waals surface area contributed by atoms with E-state index in [0.717, 1.165) is 43.4 Å². The number of hydrogen-bond acceptors (Lipinski definition) is 5. The maximum atomic E-state index is 12.4. The number of likely N-dealkylation sites (N-methyl/N-ethyl adjacent to an activating group) is 2. The highest BCUT2D eigenvalue weighted by molar-refractivity contribution is 5.79. The van der Waals surface area contributed by atoms with Crippen molar-refractivity contribution in [1.29, 1.82) is 0 Å². The number of carbonyl (C=O) groups is 1. The second kappa shape index (κ2) is 13.4. The summed E-state index contributed by atoms with van der Waals surface area (Å²) in [6, 6.07) is 4.03. The van der Waals surface area contributed by atoms with Crippen molar-refractivity contribution in [2.45, 2.75) is 52.0 Å². The lowest BCUT2D eigenvalue weighted by molar-refractivity contribution is -0.130. The van der Waals surface area contributed by atoms with E-state index in [9.17, 15) is 4.79 Å². The molecule has 1 heterocycles. The smallest absolute Gasteiger partial charge is 0.236 e. The maximum Gasteiger partial charge on any atom is 0.236 e. The fourth-order valence-corrected chi connectivity index (χ4v) is 3.77. The van der Waals surface area contributed by atoms with Crippen molar-refractivity contribution >= 4 is 12.1 Å². The molecule has 1 aliphatic carbocycles. The number of pyridine rings is 1. The predicted octanol–water partition coefficient (Wildman–Crippen LogP) is 2.97. The molecular weight excluding hydrogens is 362 g/mol. The van der Waals surface area contributed by atoms with E-state index in [1.807, 2.05) is 50.5 Å². The molecule has 1 amide bonds. The predicted molar refractivity (Wildman–Crippen MR) is 120 cm³/mol. The first-order valence-electron chi connectivity index (χ1n) is 11.2. The first-order chi connectivity index (χ1) is 14.1. The van der Waals surface area contributed by atoms with Gasteiger partial charge in [0.2, 0.25) is 5.91 Å². The Kier molecular flexibility index (Phi) is 10.9. The molecule has 1 N–H and O–H groups in total. The monoisotopic (exact) mass is 401 g/mol. The number of nitrogens with one attached hydrogen (secondary N) is 1. The van der Waals surface area contributed by atoms with Gasteiger partial charge in [0.25, 0.3) is 0 Å². The van der Waals surface area contributed by atoms with Crippen molar-refractivity contribution in [2.24, 2.45) is 10.9 Å². The second-order valence-corrected chi connectivity index (χ2v) is 8.29. The molecule has 0 saturated heterocycles. The Labute approximate surface area is 176 Å². The van der Waals surface area contributed by atoms with Gasteiger partial charge in [-0.15, -0.1) is 0 Å². The van der Waals surface area contributed by atoms with Crippen molar-refractivity contribution in [3.05, 3.63) is 29.6 Å². The highest BCUT2D eigenvalue weighted by Gasteiger charge is 2.12. The zero-order valence-electron chi connectivity index (χ0n) is 18.6. The average molecular weight is 402 g/mol. The van der Waals surface area contributed by atoms with Gasteiger partial charge in [-0.3, -0.25) is 14.8 Å². The SMILES string of the molecule is CCN(CCN(C)C)C(=O)CNCc1cc(C=NCCC2CCCCC2)ccn1. The fourth-order valence-electron chi connectivity index (χ4n) is 3.77. The Morgan fingerprint density at radius 2 is 2.07 bits per heavy atom. The molecule has 1 aromatic heterocycles. The first kappa shape index (κ1) is 23.5. The van der Waals surface area contributed by atoms with E-state index in [1.54, 1.807) is 0 Å². The molecule has 0 aromatic carbocycles. The summed E-state index contributed by atoms with van der Waals surface area (Å²) in [5.41, 5.74) is 2.01. The molecule has 2 rings (SSSR count). The molecular formula is C23H39N5O. The fraction of sp³-hybridized carbons (Fsp3) is 0.696. The van der Waals surface area contributed by atoms with E-state index >= 15 is 0 Å². The quantitative estimate of drug-likeness (QED) is 0.547. The molecule has 0 bridgehead atoms. The summed E-state index contributed by atoms with van der Waals surface area (Å²) >= 11 is 0. The number of carbonyl (C=O) groups excluding carboxylic acids is 1. The van der Waals surface area contributed by atoms with E-state index in [1.165, 1.54) is 38.5 Å². The van der Waals surface area contributed by atoms with Crippen LogP contribution in [0.1, 0.15) is 56.7 Å². The highest BCUT2D eigenvalue weighted by atomic mass is 16.2. The molecule has 0 aliphatic heterocycles. The van der Waals surface area contributed by atoms with Crippen LogP contribution in [0.4, 0.5) is 0 Å². The van der Waals surface area contributed by atoms with Gasteiger partial charge in [0.1, 0.15) is 0 Å². The van der Waals surface area contributed by atoms with E-state index in [0.29, 0.717) is 13.1 Å². The lowest BCUT2D eigenvalue weighted by atomic mass is 9.87. The Hall–Kier alpha value is -1.79. The van der Waals surface area contributed by atoms with Crippen LogP contribution in [0.5, 0.6) is 0 Å². The van der Waals surface area contributed by atoms with Crippen LogP contribution >= 0.6 is 0 Å². The topological polar surface area (TPSA) is 60.8 Å². The molecule has 162 valence electrons. The maximum absolute atomic E-state index is 12.4. The van der Waals surface area contributed by atoms with Crippen LogP contribution in [0.15, 0.2) is 23.3 Å². The minimum absolute atomic E-state index is 0.134. The van der Waals surface area contributed by atoms with Gasteiger partial charge in [-0.05, 0) is 51.1 Å². The Bertz CT molecular complexity index is 625. The van der Waals surface area contributed by atoms with Crippen LogP contribution in [-0.2, 0) is 11.3 Å². The summed E-state index contributed by atoms with van der Waals surface area (Å²) in [7, 11) is 4.04. The minimum atomic E-state index is 0.134. The minimum Gasteiger partial charge on any atom is -0.341 e. The molecule has 29 heavy (non-hydrogen) atoms. The molecule has 6 heteroatoms. The van der Waals surface area contributed by atoms with Crippen LogP contribution in [0.2, 0.25) is 0 Å². The standard InChI is InChI=1S/C23H39N5O/c1-4-28(15-14-27(2)3)23(29)19-25-18-22-16-21(11-13-26-22)17-24-12-10-20-8-6-5-7-9-20/h11,13,16-17,20,25H,4-10,12,14-15,18-19H2,1-3H3. The molecule has 1 saturated carbocycles. The largest absolute Gasteiger partial charge is 0.341 e. The first-order valence-corrected chi connectivity index (χ1v) is 11.2. The second-order valence-electron chi connectivity index (χ2n) is 8.29. The van der Waals surface area contributed by atoms with Crippen LogP contribution in [0, 0.1) is 5.92 Å². The summed E-state index contributed by atoms with van der Waals surface area (Å²) < 4.78 is 0. The van der Waals surface area contributed by atoms with E-state index < -0.39 is 0 Å². The van der Waals surface area contributed by atoms with Gasteiger partial charge in [-0.1, -0.05) is 32.1 Å². The van der Waals surface area contributed by atoms with E-state index in [-0.39, 0.29) is 5.91 Å². The molecule has 1 fully saturated rings. The summed E-state index contributed by atoms with van der Waals surface area (Å²) in [4.78, 5) is 25.4. The molecule has 0 atom stereocenters. The lowest BCUT2D eigenvalue weighted by Gasteiger charge is -2.23. The summed E-state index contributed by atoms with van der Waals surface area (Å²) in [6.45, 7) is 6.22. The number of rotatable bonds is 12. The van der Waals surface area contributed by atoms with Gasteiger partial charge in [-0.2, -0.15) is 0 Å². The number of hydrogen-bond donors (Lipinski definition) is 1. The van der Waals surface area contributed by atoms with Gasteiger partial charge in [0, 0.05) is 45.1 Å². The molecule has 1 aromatic rings. The number of aliphatic imine (C=N–C) groups is 1. The van der Waals surface area contributed by atoms with E-state index in [2.05, 4.69) is 20.2 Å². The lowest BCUT2D eigenvalue weighted by Crippen LogP contribution is -2.41.